The van der Waals surface area contributed by atoms with Gasteiger partial charge in [0.05, 0.1) is 6.61 Å². The minimum atomic E-state index is 0.444. The van der Waals surface area contributed by atoms with E-state index in [2.05, 4.69) is 18.7 Å². The van der Waals surface area contributed by atoms with Crippen LogP contribution in [0.25, 0.3) is 0 Å². The van der Waals surface area contributed by atoms with E-state index in [1.165, 1.54) is 32.2 Å². The van der Waals surface area contributed by atoms with Crippen LogP contribution in [0.4, 0.5) is 0 Å². The molecule has 0 aromatic heterocycles. The molecule has 16 heavy (non-hydrogen) atoms. The third-order valence-corrected chi connectivity index (χ3v) is 3.44. The van der Waals surface area contributed by atoms with Crippen molar-refractivity contribution in [2.45, 2.75) is 51.6 Å². The summed E-state index contributed by atoms with van der Waals surface area (Å²) in [6, 6.07) is 1.18. The molecule has 96 valence electrons. The number of hydrogen-bond donors (Lipinski definition) is 1. The quantitative estimate of drug-likeness (QED) is 0.754. The van der Waals surface area contributed by atoms with Crippen molar-refractivity contribution in [2.75, 3.05) is 26.8 Å². The normalized spacial score (nSPS) is 26.6. The highest BCUT2D eigenvalue weighted by atomic mass is 16.5. The largest absolute Gasteiger partial charge is 0.383 e. The average molecular weight is 228 g/mol. The van der Waals surface area contributed by atoms with Gasteiger partial charge in [0, 0.05) is 32.3 Å². The maximum atomic E-state index is 5.96. The fourth-order valence-corrected chi connectivity index (χ4v) is 2.57. The van der Waals surface area contributed by atoms with Gasteiger partial charge in [-0.15, -0.1) is 0 Å². The minimum absolute atomic E-state index is 0.444. The lowest BCUT2D eigenvalue weighted by molar-refractivity contribution is 0.0899. The predicted molar refractivity (Wildman–Crippen MR) is 68.5 cm³/mol. The van der Waals surface area contributed by atoms with Gasteiger partial charge in [0.25, 0.3) is 0 Å². The van der Waals surface area contributed by atoms with E-state index in [-0.39, 0.29) is 0 Å². The lowest BCUT2D eigenvalue weighted by atomic mass is 9.90. The fourth-order valence-electron chi connectivity index (χ4n) is 2.57. The van der Waals surface area contributed by atoms with E-state index >= 15 is 0 Å². The Balaban J connectivity index is 2.40. The first-order chi connectivity index (χ1) is 7.63. The van der Waals surface area contributed by atoms with Crippen LogP contribution in [0.5, 0.6) is 0 Å². The average Bonchev–Trinajstić information content (AvgIpc) is 2.25. The summed E-state index contributed by atoms with van der Waals surface area (Å²) >= 11 is 0. The number of ether oxygens (including phenoxy) is 1. The molecule has 0 aromatic carbocycles. The molecular weight excluding hydrogens is 200 g/mol. The van der Waals surface area contributed by atoms with Crippen LogP contribution in [0, 0.1) is 5.92 Å². The molecule has 2 N–H and O–H groups in total. The minimum Gasteiger partial charge on any atom is -0.383 e. The molecule has 0 aromatic rings. The number of rotatable bonds is 6. The molecule has 1 fully saturated rings. The zero-order valence-electron chi connectivity index (χ0n) is 11.1. The second-order valence-electron chi connectivity index (χ2n) is 5.45. The van der Waals surface area contributed by atoms with E-state index in [9.17, 15) is 0 Å². The highest BCUT2D eigenvalue weighted by molar-refractivity contribution is 4.81. The van der Waals surface area contributed by atoms with Gasteiger partial charge in [0.15, 0.2) is 0 Å². The van der Waals surface area contributed by atoms with Crippen molar-refractivity contribution < 1.29 is 4.74 Å². The topological polar surface area (TPSA) is 38.5 Å². The van der Waals surface area contributed by atoms with Crippen LogP contribution in [0.2, 0.25) is 0 Å². The third-order valence-electron chi connectivity index (χ3n) is 3.44. The second kappa shape index (κ2) is 7.25. The lowest BCUT2D eigenvalue weighted by Gasteiger charge is -2.37. The Kier molecular flexibility index (Phi) is 6.32. The highest BCUT2D eigenvalue weighted by Crippen LogP contribution is 2.22. The van der Waals surface area contributed by atoms with Gasteiger partial charge in [-0.3, -0.25) is 4.90 Å². The van der Waals surface area contributed by atoms with Gasteiger partial charge in [-0.25, -0.2) is 0 Å². The molecule has 1 rings (SSSR count). The van der Waals surface area contributed by atoms with E-state index in [1.54, 1.807) is 7.11 Å². The second-order valence-corrected chi connectivity index (χ2v) is 5.45. The van der Waals surface area contributed by atoms with Gasteiger partial charge in [0.1, 0.15) is 0 Å². The van der Waals surface area contributed by atoms with Crippen LogP contribution in [0.1, 0.15) is 39.5 Å². The molecule has 0 atom stereocenters. The van der Waals surface area contributed by atoms with E-state index in [4.69, 9.17) is 10.5 Å². The van der Waals surface area contributed by atoms with Crippen molar-refractivity contribution in [1.82, 2.24) is 4.90 Å². The molecule has 1 aliphatic rings. The zero-order valence-corrected chi connectivity index (χ0v) is 11.1. The Hall–Kier alpha value is -0.120. The van der Waals surface area contributed by atoms with E-state index < -0.39 is 0 Å². The van der Waals surface area contributed by atoms with Gasteiger partial charge >= 0.3 is 0 Å². The summed E-state index contributed by atoms with van der Waals surface area (Å²) < 4.78 is 5.20. The van der Waals surface area contributed by atoms with Crippen molar-refractivity contribution in [3.8, 4) is 0 Å². The summed E-state index contributed by atoms with van der Waals surface area (Å²) in [5.74, 6) is 0.729. The predicted octanol–water partition coefficient (Wildman–Crippen LogP) is 1.86. The first kappa shape index (κ1) is 13.9. The Morgan fingerprint density at radius 3 is 2.38 bits per heavy atom. The SMILES string of the molecule is COCCN(CC(C)C)C1CCC(N)CC1. The molecule has 0 saturated heterocycles. The summed E-state index contributed by atoms with van der Waals surface area (Å²) in [4.78, 5) is 2.60. The maximum absolute atomic E-state index is 5.96. The summed E-state index contributed by atoms with van der Waals surface area (Å²) in [5, 5.41) is 0. The smallest absolute Gasteiger partial charge is 0.0589 e. The molecule has 0 radical (unpaired) electrons. The van der Waals surface area contributed by atoms with E-state index in [0.29, 0.717) is 6.04 Å². The van der Waals surface area contributed by atoms with Gasteiger partial charge in [0.2, 0.25) is 0 Å². The summed E-state index contributed by atoms with van der Waals surface area (Å²) in [6.45, 7) is 7.66. The molecule has 0 bridgehead atoms. The van der Waals surface area contributed by atoms with Crippen molar-refractivity contribution in [1.29, 1.82) is 0 Å². The Morgan fingerprint density at radius 1 is 1.25 bits per heavy atom. The van der Waals surface area contributed by atoms with Crippen molar-refractivity contribution in [3.63, 3.8) is 0 Å². The molecule has 0 unspecified atom stereocenters. The zero-order chi connectivity index (χ0) is 12.0. The van der Waals surface area contributed by atoms with Crippen LogP contribution in [-0.2, 0) is 4.74 Å². The van der Waals surface area contributed by atoms with Crippen molar-refractivity contribution in [3.05, 3.63) is 0 Å². The van der Waals surface area contributed by atoms with Crippen LogP contribution >= 0.6 is 0 Å². The standard InChI is InChI=1S/C13H28N2O/c1-11(2)10-15(8-9-16-3)13-6-4-12(14)5-7-13/h11-13H,4-10,14H2,1-3H3. The molecular formula is C13H28N2O. The van der Waals surface area contributed by atoms with Crippen LogP contribution < -0.4 is 5.73 Å². The third kappa shape index (κ3) is 4.81. The molecule has 1 saturated carbocycles. The molecule has 0 aliphatic heterocycles. The first-order valence-corrected chi connectivity index (χ1v) is 6.62. The van der Waals surface area contributed by atoms with Gasteiger partial charge in [-0.1, -0.05) is 13.8 Å². The summed E-state index contributed by atoms with van der Waals surface area (Å²) in [6.07, 6.45) is 4.90. The summed E-state index contributed by atoms with van der Waals surface area (Å²) in [5.41, 5.74) is 5.96. The Morgan fingerprint density at radius 2 is 1.88 bits per heavy atom. The van der Waals surface area contributed by atoms with Gasteiger partial charge in [-0.2, -0.15) is 0 Å². The Bertz CT molecular complexity index is 177. The van der Waals surface area contributed by atoms with Crippen LogP contribution in [0.15, 0.2) is 0 Å². The highest BCUT2D eigenvalue weighted by Gasteiger charge is 2.24. The van der Waals surface area contributed by atoms with E-state index in [1.807, 2.05) is 0 Å². The van der Waals surface area contributed by atoms with Crippen molar-refractivity contribution >= 4 is 0 Å². The van der Waals surface area contributed by atoms with Crippen LogP contribution in [-0.4, -0.2) is 43.8 Å². The van der Waals surface area contributed by atoms with Crippen LogP contribution in [0.3, 0.4) is 0 Å². The maximum Gasteiger partial charge on any atom is 0.0589 e. The van der Waals surface area contributed by atoms with E-state index in [0.717, 1.165) is 25.1 Å². The number of methoxy groups -OCH3 is 1. The monoisotopic (exact) mass is 228 g/mol. The van der Waals surface area contributed by atoms with Gasteiger partial charge < -0.3 is 10.5 Å². The van der Waals surface area contributed by atoms with Gasteiger partial charge in [-0.05, 0) is 31.6 Å². The number of nitrogens with zero attached hydrogens (tertiary/aromatic N) is 1. The fraction of sp³-hybridized carbons (Fsp3) is 1.00. The molecule has 3 heteroatoms. The summed E-state index contributed by atoms with van der Waals surface area (Å²) in [7, 11) is 1.78. The molecule has 0 amide bonds. The lowest BCUT2D eigenvalue weighted by Crippen LogP contribution is -2.43. The number of nitrogens with two attached hydrogens (primary N) is 1. The number of hydrogen-bond acceptors (Lipinski definition) is 3. The molecule has 1 aliphatic carbocycles. The molecule has 0 spiro atoms. The van der Waals surface area contributed by atoms with Crippen molar-refractivity contribution in [2.24, 2.45) is 11.7 Å². The molecule has 3 nitrogen and oxygen atoms in total. The Labute approximate surface area is 100 Å². The molecule has 0 heterocycles. The first-order valence-electron chi connectivity index (χ1n) is 6.62.